The summed E-state index contributed by atoms with van der Waals surface area (Å²) in [4.78, 5) is 35.0. The van der Waals surface area contributed by atoms with Gasteiger partial charge in [0.1, 0.15) is 6.04 Å². The Labute approximate surface area is 218 Å². The van der Waals surface area contributed by atoms with Crippen molar-refractivity contribution in [3.8, 4) is 0 Å². The number of nitrogens with two attached hydrogens (primary N) is 1. The lowest BCUT2D eigenvalue weighted by molar-refractivity contribution is -0.120. The molecule has 190 valence electrons. The monoisotopic (exact) mass is 507 g/mol. The smallest absolute Gasteiger partial charge is 0.246 e. The van der Waals surface area contributed by atoms with Gasteiger partial charge in [-0.1, -0.05) is 48.5 Å². The number of benzene rings is 3. The van der Waals surface area contributed by atoms with Gasteiger partial charge in [-0.25, -0.2) is 0 Å². The number of hydrogen-bond acceptors (Lipinski definition) is 5. The number of aryl methyl sites for hydroxylation is 1. The molecular weight excluding hydrogens is 474 g/mol. The molecule has 0 unspecified atom stereocenters. The van der Waals surface area contributed by atoms with Gasteiger partial charge in [0, 0.05) is 26.2 Å². The van der Waals surface area contributed by atoms with Crippen molar-refractivity contribution in [3.05, 3.63) is 71.8 Å². The Hall–Kier alpha value is -2.97. The molecular formula is C28H34ClN5O2. The number of carbonyl (C=O) groups is 2. The Morgan fingerprint density at radius 1 is 0.944 bits per heavy atom. The molecule has 5 rings (SSSR count). The molecule has 2 heterocycles. The minimum absolute atomic E-state index is 0. The van der Waals surface area contributed by atoms with Crippen molar-refractivity contribution in [2.45, 2.75) is 19.5 Å². The van der Waals surface area contributed by atoms with E-state index >= 15 is 0 Å². The van der Waals surface area contributed by atoms with Crippen LogP contribution in [0, 0.1) is 6.92 Å². The number of hydrogen-bond donors (Lipinski definition) is 1. The van der Waals surface area contributed by atoms with Gasteiger partial charge in [-0.05, 0) is 48.0 Å². The molecule has 2 aliphatic heterocycles. The SMILES string of the molecule is Cc1ccc2ccccc2c1CN1C(=O)[C@@H](N)CN(C(=O)CN2CCN(C)CC2)c2ccccc21.Cl. The van der Waals surface area contributed by atoms with Crippen molar-refractivity contribution in [1.29, 1.82) is 0 Å². The maximum Gasteiger partial charge on any atom is 0.246 e. The molecule has 0 bridgehead atoms. The van der Waals surface area contributed by atoms with Crippen LogP contribution >= 0.6 is 12.4 Å². The van der Waals surface area contributed by atoms with Crippen LogP contribution in [0.2, 0.25) is 0 Å². The zero-order valence-electron chi connectivity index (χ0n) is 20.9. The second-order valence-corrected chi connectivity index (χ2v) is 9.69. The molecule has 36 heavy (non-hydrogen) atoms. The minimum Gasteiger partial charge on any atom is -0.318 e. The summed E-state index contributed by atoms with van der Waals surface area (Å²) in [6.45, 7) is 6.57. The topological polar surface area (TPSA) is 73.1 Å². The largest absolute Gasteiger partial charge is 0.318 e. The molecule has 7 nitrogen and oxygen atoms in total. The average Bonchev–Trinajstić information content (AvgIpc) is 2.97. The van der Waals surface area contributed by atoms with Crippen molar-refractivity contribution >= 4 is 46.4 Å². The highest BCUT2D eigenvalue weighted by Crippen LogP contribution is 2.35. The van der Waals surface area contributed by atoms with E-state index in [2.05, 4.69) is 48.0 Å². The van der Waals surface area contributed by atoms with Crippen LogP contribution in [0.4, 0.5) is 11.4 Å². The summed E-state index contributed by atoms with van der Waals surface area (Å²) in [5, 5.41) is 2.26. The molecule has 8 heteroatoms. The van der Waals surface area contributed by atoms with E-state index in [4.69, 9.17) is 5.73 Å². The van der Waals surface area contributed by atoms with E-state index in [0.29, 0.717) is 13.1 Å². The molecule has 0 aliphatic carbocycles. The van der Waals surface area contributed by atoms with Crippen LogP contribution in [0.15, 0.2) is 60.7 Å². The second kappa shape index (κ2) is 11.0. The van der Waals surface area contributed by atoms with Crippen LogP contribution in [0.5, 0.6) is 0 Å². The van der Waals surface area contributed by atoms with E-state index in [1.165, 1.54) is 0 Å². The number of piperazine rings is 1. The summed E-state index contributed by atoms with van der Waals surface area (Å²) in [6.07, 6.45) is 0. The lowest BCUT2D eigenvalue weighted by Crippen LogP contribution is -2.52. The summed E-state index contributed by atoms with van der Waals surface area (Å²) in [5.74, 6) is -0.187. The van der Waals surface area contributed by atoms with E-state index < -0.39 is 6.04 Å². The first-order valence-electron chi connectivity index (χ1n) is 12.3. The maximum atomic E-state index is 13.6. The highest BCUT2D eigenvalue weighted by molar-refractivity contribution is 6.07. The molecule has 0 spiro atoms. The fourth-order valence-electron chi connectivity index (χ4n) is 5.11. The van der Waals surface area contributed by atoms with Crippen molar-refractivity contribution in [3.63, 3.8) is 0 Å². The van der Waals surface area contributed by atoms with Gasteiger partial charge in [0.15, 0.2) is 0 Å². The first-order valence-corrected chi connectivity index (χ1v) is 12.3. The van der Waals surface area contributed by atoms with Crippen molar-refractivity contribution < 1.29 is 9.59 Å². The zero-order valence-corrected chi connectivity index (χ0v) is 21.7. The predicted molar refractivity (Wildman–Crippen MR) is 148 cm³/mol. The van der Waals surface area contributed by atoms with Gasteiger partial charge in [-0.15, -0.1) is 12.4 Å². The Morgan fingerprint density at radius 3 is 2.36 bits per heavy atom. The van der Waals surface area contributed by atoms with Crippen LogP contribution in [0.25, 0.3) is 10.8 Å². The fraction of sp³-hybridized carbons (Fsp3) is 0.357. The summed E-state index contributed by atoms with van der Waals surface area (Å²) in [6, 6.07) is 19.3. The summed E-state index contributed by atoms with van der Waals surface area (Å²) < 4.78 is 0. The minimum atomic E-state index is -0.797. The fourth-order valence-corrected chi connectivity index (χ4v) is 5.11. The van der Waals surface area contributed by atoms with Gasteiger partial charge in [-0.3, -0.25) is 14.5 Å². The number of para-hydroxylation sites is 2. The van der Waals surface area contributed by atoms with Crippen LogP contribution in [-0.4, -0.2) is 74.0 Å². The quantitative estimate of drug-likeness (QED) is 0.587. The number of carbonyl (C=O) groups excluding carboxylic acids is 2. The zero-order chi connectivity index (χ0) is 24.5. The average molecular weight is 508 g/mol. The van der Waals surface area contributed by atoms with E-state index in [0.717, 1.165) is 59.5 Å². The number of rotatable bonds is 4. The van der Waals surface area contributed by atoms with E-state index in [9.17, 15) is 9.59 Å². The van der Waals surface area contributed by atoms with Crippen LogP contribution < -0.4 is 15.5 Å². The number of likely N-dealkylation sites (N-methyl/N-ethyl adjacent to an activating group) is 1. The molecule has 0 aromatic heterocycles. The molecule has 0 saturated carbocycles. The Morgan fingerprint density at radius 2 is 1.61 bits per heavy atom. The third-order valence-corrected chi connectivity index (χ3v) is 7.27. The predicted octanol–water partition coefficient (Wildman–Crippen LogP) is 3.02. The van der Waals surface area contributed by atoms with E-state index in [1.54, 1.807) is 9.80 Å². The molecule has 1 saturated heterocycles. The van der Waals surface area contributed by atoms with E-state index in [1.807, 2.05) is 36.4 Å². The third-order valence-electron chi connectivity index (χ3n) is 7.27. The van der Waals surface area contributed by atoms with Crippen molar-refractivity contribution in [2.75, 3.05) is 56.1 Å². The third kappa shape index (κ3) is 5.11. The summed E-state index contributed by atoms with van der Waals surface area (Å²) >= 11 is 0. The van der Waals surface area contributed by atoms with Gasteiger partial charge in [0.2, 0.25) is 11.8 Å². The molecule has 1 fully saturated rings. The van der Waals surface area contributed by atoms with Crippen molar-refractivity contribution in [2.24, 2.45) is 5.73 Å². The molecule has 2 amide bonds. The highest BCUT2D eigenvalue weighted by Gasteiger charge is 2.35. The van der Waals surface area contributed by atoms with Crippen molar-refractivity contribution in [1.82, 2.24) is 9.80 Å². The number of halogens is 1. The molecule has 2 N–H and O–H groups in total. The molecule has 0 radical (unpaired) electrons. The highest BCUT2D eigenvalue weighted by atomic mass is 35.5. The maximum absolute atomic E-state index is 13.6. The van der Waals surface area contributed by atoms with Gasteiger partial charge in [0.25, 0.3) is 0 Å². The summed E-state index contributed by atoms with van der Waals surface area (Å²) in [5.41, 5.74) is 10.1. The molecule has 3 aromatic rings. The van der Waals surface area contributed by atoms with Gasteiger partial charge < -0.3 is 20.4 Å². The summed E-state index contributed by atoms with van der Waals surface area (Å²) in [7, 11) is 2.10. The Bertz CT molecular complexity index is 1260. The molecule has 2 aliphatic rings. The first kappa shape index (κ1) is 26.1. The van der Waals surface area contributed by atoms with Gasteiger partial charge >= 0.3 is 0 Å². The normalized spacial score (nSPS) is 19.1. The van der Waals surface area contributed by atoms with Gasteiger partial charge in [0.05, 0.1) is 31.0 Å². The Kier molecular flexibility index (Phi) is 7.95. The second-order valence-electron chi connectivity index (χ2n) is 9.69. The van der Waals surface area contributed by atoms with E-state index in [-0.39, 0.29) is 30.8 Å². The molecule has 1 atom stereocenters. The molecule has 3 aromatic carbocycles. The number of amides is 2. The lowest BCUT2D eigenvalue weighted by atomic mass is 9.99. The van der Waals surface area contributed by atoms with Gasteiger partial charge in [-0.2, -0.15) is 0 Å². The number of fused-ring (bicyclic) bond motifs is 2. The first-order chi connectivity index (χ1) is 16.9. The number of anilines is 2. The lowest BCUT2D eigenvalue weighted by Gasteiger charge is -2.33. The Balaban J connectivity index is 0.00000304. The number of nitrogens with zero attached hydrogens (tertiary/aromatic N) is 4. The van der Waals surface area contributed by atoms with Crippen LogP contribution in [-0.2, 0) is 16.1 Å². The van der Waals surface area contributed by atoms with Crippen LogP contribution in [0.3, 0.4) is 0 Å². The van der Waals surface area contributed by atoms with Crippen LogP contribution in [0.1, 0.15) is 11.1 Å². The standard InChI is InChI=1S/C28H33N5O2.ClH/c1-20-11-12-21-7-3-4-8-22(21)23(20)17-33-26-10-6-5-9-25(26)32(18-24(29)28(33)35)27(34)19-31-15-13-30(2)14-16-31;/h3-12,24H,13-19,29H2,1-2H3;1H/t24-;/m0./s1.